The molecule has 1 atom stereocenters. The van der Waals surface area contributed by atoms with Gasteiger partial charge in [-0.25, -0.2) is 8.78 Å². The molecule has 16 heavy (non-hydrogen) atoms. The smallest absolute Gasteiger partial charge is 0.251 e. The van der Waals surface area contributed by atoms with Gasteiger partial charge in [0.1, 0.15) is 0 Å². The van der Waals surface area contributed by atoms with E-state index in [1.807, 2.05) is 0 Å². The largest absolute Gasteiger partial charge is 0.342 e. The van der Waals surface area contributed by atoms with Gasteiger partial charge in [0.05, 0.1) is 0 Å². The van der Waals surface area contributed by atoms with E-state index < -0.39 is 5.92 Å². The predicted molar refractivity (Wildman–Crippen MR) is 56.4 cm³/mol. The summed E-state index contributed by atoms with van der Waals surface area (Å²) in [6.07, 6.45) is 1.18. The molecule has 0 aromatic carbocycles. The molecule has 2 saturated heterocycles. The number of likely N-dealkylation sites (tertiary alicyclic amines) is 1. The lowest BCUT2D eigenvalue weighted by Gasteiger charge is -2.32. The Kier molecular flexibility index (Phi) is 3.42. The topological polar surface area (TPSA) is 32.3 Å². The fourth-order valence-corrected chi connectivity index (χ4v) is 2.35. The second-order valence-corrected chi connectivity index (χ2v) is 4.80. The van der Waals surface area contributed by atoms with Crippen LogP contribution in [0.25, 0.3) is 0 Å². The van der Waals surface area contributed by atoms with Gasteiger partial charge in [-0.3, -0.25) is 4.79 Å². The summed E-state index contributed by atoms with van der Waals surface area (Å²) in [7, 11) is 0. The normalized spacial score (nSPS) is 29.4. The lowest BCUT2D eigenvalue weighted by molar-refractivity contribution is -0.138. The average Bonchev–Trinajstić information content (AvgIpc) is 2.70. The summed E-state index contributed by atoms with van der Waals surface area (Å²) in [5, 5.41) is 3.20. The SMILES string of the molecule is O=C(CC1CCNC1)N1CCC(F)(F)CC1. The summed E-state index contributed by atoms with van der Waals surface area (Å²) in [6.45, 7) is 2.28. The van der Waals surface area contributed by atoms with Crippen LogP contribution in [0.3, 0.4) is 0 Å². The number of carbonyl (C=O) groups excluding carboxylic acids is 1. The Balaban J connectivity index is 1.77. The molecule has 1 N–H and O–H groups in total. The zero-order valence-electron chi connectivity index (χ0n) is 9.35. The van der Waals surface area contributed by atoms with Crippen LogP contribution in [-0.4, -0.2) is 42.9 Å². The Labute approximate surface area is 94.2 Å². The molecule has 2 rings (SSSR count). The second-order valence-electron chi connectivity index (χ2n) is 4.80. The molecule has 0 aromatic heterocycles. The molecule has 0 saturated carbocycles. The highest BCUT2D eigenvalue weighted by atomic mass is 19.3. The molecule has 0 radical (unpaired) electrons. The second kappa shape index (κ2) is 4.65. The molecule has 2 fully saturated rings. The van der Waals surface area contributed by atoms with Gasteiger partial charge in [-0.1, -0.05) is 0 Å². The number of rotatable bonds is 2. The highest BCUT2D eigenvalue weighted by Gasteiger charge is 2.35. The van der Waals surface area contributed by atoms with Gasteiger partial charge in [0, 0.05) is 32.4 Å². The van der Waals surface area contributed by atoms with E-state index in [0.717, 1.165) is 19.5 Å². The lowest BCUT2D eigenvalue weighted by Crippen LogP contribution is -2.43. The van der Waals surface area contributed by atoms with Crippen LogP contribution in [0.4, 0.5) is 8.78 Å². The first kappa shape index (κ1) is 11.8. The van der Waals surface area contributed by atoms with Crippen LogP contribution in [0.5, 0.6) is 0 Å². The quantitative estimate of drug-likeness (QED) is 0.777. The molecule has 3 nitrogen and oxygen atoms in total. The molecule has 2 aliphatic heterocycles. The summed E-state index contributed by atoms with van der Waals surface area (Å²) in [6, 6.07) is 0. The fourth-order valence-electron chi connectivity index (χ4n) is 2.35. The maximum absolute atomic E-state index is 12.9. The van der Waals surface area contributed by atoms with Crippen molar-refractivity contribution in [2.45, 2.75) is 31.6 Å². The maximum atomic E-state index is 12.9. The van der Waals surface area contributed by atoms with Crippen LogP contribution >= 0.6 is 0 Å². The number of amides is 1. The van der Waals surface area contributed by atoms with Crippen molar-refractivity contribution in [3.8, 4) is 0 Å². The number of piperidine rings is 1. The minimum Gasteiger partial charge on any atom is -0.342 e. The van der Waals surface area contributed by atoms with Crippen LogP contribution < -0.4 is 5.32 Å². The number of alkyl halides is 2. The first-order valence-corrected chi connectivity index (χ1v) is 5.93. The molecule has 0 aliphatic carbocycles. The molecular formula is C11H18F2N2O. The summed E-state index contributed by atoms with van der Waals surface area (Å²) in [4.78, 5) is 13.4. The van der Waals surface area contributed by atoms with Gasteiger partial charge in [0.15, 0.2) is 0 Å². The van der Waals surface area contributed by atoms with Crippen molar-refractivity contribution in [1.82, 2.24) is 10.2 Å². The predicted octanol–water partition coefficient (Wildman–Crippen LogP) is 1.24. The Morgan fingerprint density at radius 3 is 2.62 bits per heavy atom. The lowest BCUT2D eigenvalue weighted by atomic mass is 10.0. The van der Waals surface area contributed by atoms with E-state index in [9.17, 15) is 13.6 Å². The van der Waals surface area contributed by atoms with Crippen molar-refractivity contribution in [2.24, 2.45) is 5.92 Å². The van der Waals surface area contributed by atoms with Crippen molar-refractivity contribution in [1.29, 1.82) is 0 Å². The Morgan fingerprint density at radius 2 is 2.06 bits per heavy atom. The highest BCUT2D eigenvalue weighted by Crippen LogP contribution is 2.28. The number of halogens is 2. The van der Waals surface area contributed by atoms with Crippen LogP contribution in [0.15, 0.2) is 0 Å². The van der Waals surface area contributed by atoms with Crippen molar-refractivity contribution in [2.75, 3.05) is 26.2 Å². The van der Waals surface area contributed by atoms with Gasteiger partial charge in [-0.2, -0.15) is 0 Å². The summed E-state index contributed by atoms with van der Waals surface area (Å²) in [5.41, 5.74) is 0. The number of hydrogen-bond donors (Lipinski definition) is 1. The molecule has 92 valence electrons. The molecule has 0 bridgehead atoms. The van der Waals surface area contributed by atoms with E-state index in [2.05, 4.69) is 5.32 Å². The molecular weight excluding hydrogens is 214 g/mol. The highest BCUT2D eigenvalue weighted by molar-refractivity contribution is 5.76. The Hall–Kier alpha value is -0.710. The van der Waals surface area contributed by atoms with Gasteiger partial charge in [0.2, 0.25) is 5.91 Å². The molecule has 2 heterocycles. The fraction of sp³-hybridized carbons (Fsp3) is 0.909. The van der Waals surface area contributed by atoms with Gasteiger partial charge >= 0.3 is 0 Å². The molecule has 5 heteroatoms. The van der Waals surface area contributed by atoms with Crippen molar-refractivity contribution < 1.29 is 13.6 Å². The third kappa shape index (κ3) is 2.90. The van der Waals surface area contributed by atoms with E-state index in [0.29, 0.717) is 12.3 Å². The van der Waals surface area contributed by atoms with Crippen LogP contribution in [0.2, 0.25) is 0 Å². The molecule has 1 amide bonds. The molecule has 0 spiro atoms. The maximum Gasteiger partial charge on any atom is 0.251 e. The van der Waals surface area contributed by atoms with Gasteiger partial charge in [-0.15, -0.1) is 0 Å². The van der Waals surface area contributed by atoms with Crippen LogP contribution in [0, 0.1) is 5.92 Å². The first-order chi connectivity index (χ1) is 7.57. The minimum absolute atomic E-state index is 0.0456. The van der Waals surface area contributed by atoms with Gasteiger partial charge in [0.25, 0.3) is 5.92 Å². The molecule has 2 aliphatic rings. The van der Waals surface area contributed by atoms with E-state index in [4.69, 9.17) is 0 Å². The zero-order chi connectivity index (χ0) is 11.6. The minimum atomic E-state index is -2.56. The van der Waals surface area contributed by atoms with Crippen LogP contribution in [0.1, 0.15) is 25.7 Å². The summed E-state index contributed by atoms with van der Waals surface area (Å²) < 4.78 is 25.8. The van der Waals surface area contributed by atoms with Gasteiger partial charge < -0.3 is 10.2 Å². The summed E-state index contributed by atoms with van der Waals surface area (Å²) >= 11 is 0. The van der Waals surface area contributed by atoms with E-state index >= 15 is 0 Å². The molecule has 0 aromatic rings. The Bertz CT molecular complexity index is 255. The molecule has 1 unspecified atom stereocenters. The Morgan fingerprint density at radius 1 is 1.38 bits per heavy atom. The third-order valence-electron chi connectivity index (χ3n) is 3.47. The number of nitrogens with zero attached hydrogens (tertiary/aromatic N) is 1. The van der Waals surface area contributed by atoms with Crippen molar-refractivity contribution >= 4 is 5.91 Å². The monoisotopic (exact) mass is 232 g/mol. The van der Waals surface area contributed by atoms with Crippen molar-refractivity contribution in [3.63, 3.8) is 0 Å². The van der Waals surface area contributed by atoms with Crippen molar-refractivity contribution in [3.05, 3.63) is 0 Å². The van der Waals surface area contributed by atoms with E-state index in [-0.39, 0.29) is 31.8 Å². The standard InChI is InChI=1S/C11H18F2N2O/c12-11(13)2-5-15(6-3-11)10(16)7-9-1-4-14-8-9/h9,14H,1-8H2. The van der Waals surface area contributed by atoms with Gasteiger partial charge in [-0.05, 0) is 25.4 Å². The average molecular weight is 232 g/mol. The van der Waals surface area contributed by atoms with E-state index in [1.54, 1.807) is 4.90 Å². The van der Waals surface area contributed by atoms with E-state index in [1.165, 1.54) is 0 Å². The first-order valence-electron chi connectivity index (χ1n) is 5.93. The number of hydrogen-bond acceptors (Lipinski definition) is 2. The number of carbonyl (C=O) groups is 1. The number of nitrogens with one attached hydrogen (secondary N) is 1. The summed E-state index contributed by atoms with van der Waals surface area (Å²) in [5.74, 6) is -2.12. The van der Waals surface area contributed by atoms with Crippen LogP contribution in [-0.2, 0) is 4.79 Å². The zero-order valence-corrected chi connectivity index (χ0v) is 9.35. The third-order valence-corrected chi connectivity index (χ3v) is 3.47.